The smallest absolute Gasteiger partial charge is 0.265 e. The van der Waals surface area contributed by atoms with E-state index in [1.807, 2.05) is 0 Å². The van der Waals surface area contributed by atoms with Gasteiger partial charge in [-0.15, -0.1) is 0 Å². The van der Waals surface area contributed by atoms with Crippen LogP contribution >= 0.6 is 0 Å². The SMILES string of the molecule is O=C(NO)C1(S(=O)(=O)c2ccc(-c3cnc(OCC4CC4)cn3)cc2)CCOCC1.O=C(NO)C1(S(=O)(=O)c2ccc(-c3cnc(OCC4CCC4)cn3)cc2)CCOCC1.O=C(NO)C1(S(=O)(=O)c2ccc(-c3cnc(OCCC4CC4)cn3)cc2)CCOCC1.O=C(NO)C1(S(=O)(=O)c2ccc(-c3cnc(OCCC4CCCC4)cn3)cc2)CCOCC1. The summed E-state index contributed by atoms with van der Waals surface area (Å²) in [6.07, 6.45) is 28.1. The van der Waals surface area contributed by atoms with Crippen molar-refractivity contribution in [3.8, 4) is 68.5 Å². The second-order valence-corrected chi connectivity index (χ2v) is 41.0. The van der Waals surface area contributed by atoms with Crippen LogP contribution in [0.3, 0.4) is 0 Å². The van der Waals surface area contributed by atoms with Gasteiger partial charge in [-0.05, 0) is 162 Å². The van der Waals surface area contributed by atoms with Crippen molar-refractivity contribution in [1.29, 1.82) is 0 Å². The minimum absolute atomic E-state index is 0.00317. The predicted octanol–water partition coefficient (Wildman–Crippen LogP) is 8.99. The van der Waals surface area contributed by atoms with Gasteiger partial charge < -0.3 is 37.9 Å². The van der Waals surface area contributed by atoms with Crippen LogP contribution in [0.15, 0.2) is 166 Å². The summed E-state index contributed by atoms with van der Waals surface area (Å²) >= 11 is 0. The summed E-state index contributed by atoms with van der Waals surface area (Å²) in [4.78, 5) is 83.8. The van der Waals surface area contributed by atoms with E-state index in [2.05, 4.69) is 39.9 Å². The fourth-order valence-electron chi connectivity index (χ4n) is 15.7. The molecule has 4 aromatic carbocycles. The summed E-state index contributed by atoms with van der Waals surface area (Å²) in [6, 6.07) is 24.5. The number of carbonyl (C=O) groups is 4. The molecule has 0 bridgehead atoms. The molecule has 0 spiro atoms. The van der Waals surface area contributed by atoms with Crippen molar-refractivity contribution >= 4 is 63.0 Å². The van der Waals surface area contributed by atoms with Crippen LogP contribution in [0, 0.1) is 23.7 Å². The Morgan fingerprint density at radius 3 is 0.736 bits per heavy atom. The second kappa shape index (κ2) is 41.5. The molecule has 4 saturated carbocycles. The van der Waals surface area contributed by atoms with Gasteiger partial charge in [0, 0.05) is 75.1 Å². The van der Waals surface area contributed by atoms with Crippen LogP contribution < -0.4 is 40.9 Å². The van der Waals surface area contributed by atoms with Crippen molar-refractivity contribution in [2.75, 3.05) is 79.3 Å². The van der Waals surface area contributed by atoms with Gasteiger partial charge in [0.15, 0.2) is 58.3 Å². The van der Waals surface area contributed by atoms with Crippen molar-refractivity contribution in [1.82, 2.24) is 61.8 Å². The van der Waals surface area contributed by atoms with Gasteiger partial charge in [0.05, 0.1) is 118 Å². The summed E-state index contributed by atoms with van der Waals surface area (Å²) in [5.41, 5.74) is 11.1. The first kappa shape index (κ1) is 92.4. The van der Waals surface area contributed by atoms with Crippen LogP contribution in [0.25, 0.3) is 45.0 Å². The van der Waals surface area contributed by atoms with Gasteiger partial charge in [-0.2, -0.15) is 0 Å². The zero-order valence-electron chi connectivity index (χ0n) is 68.7. The number of ether oxygens (including phenoxy) is 8. The first-order valence-electron chi connectivity index (χ1n) is 41.6. The molecule has 8 aromatic rings. The Morgan fingerprint density at radius 2 is 0.528 bits per heavy atom. The largest absolute Gasteiger partial charge is 0.477 e. The normalized spacial score (nSPS) is 18.6. The Bertz CT molecular complexity index is 5430. The number of nitrogens with one attached hydrogen (secondary N) is 4. The molecule has 125 heavy (non-hydrogen) atoms. The van der Waals surface area contributed by atoms with E-state index in [1.54, 1.807) is 98.1 Å². The van der Waals surface area contributed by atoms with Crippen LogP contribution in [-0.4, -0.2) is 216 Å². The summed E-state index contributed by atoms with van der Waals surface area (Å²) < 4.78 is 143. The zero-order valence-corrected chi connectivity index (χ0v) is 71.9. The predicted molar refractivity (Wildman–Crippen MR) is 445 cm³/mol. The third-order valence-corrected chi connectivity index (χ3v) is 34.3. The number of carbonyl (C=O) groups excluding carboxylic acids is 4. The molecule has 0 atom stereocenters. The number of benzene rings is 4. The quantitative estimate of drug-likeness (QED) is 0.0154. The minimum atomic E-state index is -4.07. The molecular formula is C85H102N12O24S4. The van der Waals surface area contributed by atoms with E-state index in [9.17, 15) is 52.8 Å². The summed E-state index contributed by atoms with van der Waals surface area (Å²) in [5.74, 6) is 0.829. The van der Waals surface area contributed by atoms with Crippen LogP contribution in [0.5, 0.6) is 23.5 Å². The fraction of sp³-hybridized carbons (Fsp3) is 0.482. The van der Waals surface area contributed by atoms with Crippen LogP contribution in [0.2, 0.25) is 0 Å². The molecular weight excluding hydrogens is 1700 g/mol. The highest BCUT2D eigenvalue weighted by molar-refractivity contribution is 7.94. The molecule has 4 aliphatic heterocycles. The second-order valence-electron chi connectivity index (χ2n) is 32.0. The van der Waals surface area contributed by atoms with Gasteiger partial charge in [-0.25, -0.2) is 95.5 Å². The molecule has 8 fully saturated rings. The van der Waals surface area contributed by atoms with Gasteiger partial charge in [0.1, 0.15) is 0 Å². The molecule has 4 amide bonds. The topological polar surface area (TPSA) is 511 Å². The molecule has 40 heteroatoms. The fourth-order valence-corrected chi connectivity index (χ4v) is 23.4. The first-order valence-corrected chi connectivity index (χ1v) is 47.6. The third kappa shape index (κ3) is 21.2. The Hall–Kier alpha value is -10.2. The van der Waals surface area contributed by atoms with E-state index >= 15 is 0 Å². The number of amides is 4. The number of nitrogens with zero attached hydrogens (tertiary/aromatic N) is 8. The minimum Gasteiger partial charge on any atom is -0.477 e. The molecule has 36 nitrogen and oxygen atoms in total. The maximum absolute atomic E-state index is 13.3. The van der Waals surface area contributed by atoms with E-state index in [4.69, 9.17) is 58.7 Å². The maximum atomic E-state index is 13.3. The van der Waals surface area contributed by atoms with Crippen LogP contribution in [0.1, 0.15) is 135 Å². The molecule has 670 valence electrons. The highest BCUT2D eigenvalue weighted by Gasteiger charge is 2.56. The van der Waals surface area contributed by atoms with Crippen molar-refractivity contribution in [2.24, 2.45) is 23.7 Å². The number of sulfone groups is 4. The lowest BCUT2D eigenvalue weighted by Crippen LogP contribution is -2.54. The van der Waals surface area contributed by atoms with Crippen molar-refractivity contribution in [3.05, 3.63) is 147 Å². The lowest BCUT2D eigenvalue weighted by Gasteiger charge is -2.34. The molecule has 0 radical (unpaired) electrons. The third-order valence-electron chi connectivity index (χ3n) is 24.3. The number of aromatic nitrogens is 8. The Balaban J connectivity index is 0.000000143. The van der Waals surface area contributed by atoms with Crippen molar-refractivity contribution < 1.29 is 112 Å². The standard InChI is InChI=1S/C23H29N3O6S.2C21H25N3O6S.C20H23N3O6S/c27-22(26-28)23(10-13-31-14-11-23)33(29,30)19-7-5-18(6-8-19)20-15-25-21(16-24-20)32-12-9-17-3-1-2-4-17;25-20(24-26)21(8-11-29-12-9-21)31(27,28)17-5-3-16(4-6-17)18-13-23-19(14-22-18)30-10-7-15-1-2-15;25-20(24-26)21(8-10-29-11-9-21)31(27,28)17-6-4-16(5-7-17)18-12-23-19(13-22-18)30-14-15-2-1-3-15;24-19(23-25)20(7-9-28-10-8-20)30(26,27)16-5-3-15(4-6-16)17-11-22-18(12-21-17)29-13-14-1-2-14/h5-8,15-17,28H,1-4,9-14H2,(H,26,27);3-6,13-15,26H,1-2,7-12H2,(H,24,25);4-7,12-13,15,26H,1-3,8-11,14H2,(H,24,25);3-6,11-12,14,25H,1-2,7-10,13H2,(H,23,24). The average molecular weight is 1800 g/mol. The van der Waals surface area contributed by atoms with Crippen molar-refractivity contribution in [2.45, 2.75) is 173 Å². The van der Waals surface area contributed by atoms with Crippen molar-refractivity contribution in [3.63, 3.8) is 0 Å². The Labute approximate surface area is 723 Å². The highest BCUT2D eigenvalue weighted by Crippen LogP contribution is 2.42. The van der Waals surface area contributed by atoms with Crippen LogP contribution in [0.4, 0.5) is 0 Å². The molecule has 4 aliphatic carbocycles. The Morgan fingerprint density at radius 1 is 0.304 bits per heavy atom. The number of hydroxylamine groups is 4. The maximum Gasteiger partial charge on any atom is 0.265 e. The zero-order chi connectivity index (χ0) is 88.3. The first-order chi connectivity index (χ1) is 60.3. The highest BCUT2D eigenvalue weighted by atomic mass is 32.2. The van der Waals surface area contributed by atoms with E-state index in [1.165, 1.54) is 141 Å². The molecule has 8 N–H and O–H groups in total. The van der Waals surface area contributed by atoms with Gasteiger partial charge in [-0.3, -0.25) is 40.0 Å². The molecule has 16 rings (SSSR count). The van der Waals surface area contributed by atoms with E-state index in [0.29, 0.717) is 107 Å². The molecule has 4 saturated heterocycles. The molecule has 8 aliphatic rings. The number of hydrogen-bond acceptors (Lipinski definition) is 32. The lowest BCUT2D eigenvalue weighted by atomic mass is 9.86. The Kier molecular flexibility index (Phi) is 30.7. The van der Waals surface area contributed by atoms with Gasteiger partial charge in [-0.1, -0.05) is 93.5 Å². The summed E-state index contributed by atoms with van der Waals surface area (Å²) in [5, 5.41) is 36.5. The molecule has 8 heterocycles. The summed E-state index contributed by atoms with van der Waals surface area (Å²) in [6.45, 7) is 3.51. The van der Waals surface area contributed by atoms with E-state index in [-0.39, 0.29) is 124 Å². The van der Waals surface area contributed by atoms with Crippen LogP contribution in [-0.2, 0) is 77.5 Å². The summed E-state index contributed by atoms with van der Waals surface area (Å²) in [7, 11) is -16.2. The number of rotatable bonds is 30. The number of hydrogen-bond donors (Lipinski definition) is 8. The van der Waals surface area contributed by atoms with Gasteiger partial charge >= 0.3 is 0 Å². The molecule has 4 aromatic heterocycles. The van der Waals surface area contributed by atoms with E-state index < -0.39 is 82.0 Å². The lowest BCUT2D eigenvalue weighted by molar-refractivity contribution is -0.135. The van der Waals surface area contributed by atoms with Gasteiger partial charge in [0.2, 0.25) is 23.5 Å². The molecule has 0 unspecified atom stereocenters. The monoisotopic (exact) mass is 1800 g/mol. The average Bonchev–Trinajstić information content (AvgIpc) is 1.53. The van der Waals surface area contributed by atoms with Gasteiger partial charge in [0.25, 0.3) is 23.6 Å². The van der Waals surface area contributed by atoms with E-state index in [0.717, 1.165) is 24.7 Å².